The van der Waals surface area contributed by atoms with Crippen molar-refractivity contribution in [3.63, 3.8) is 0 Å². The number of carboxylic acids is 1. The minimum atomic E-state index is -4.39. The van der Waals surface area contributed by atoms with Gasteiger partial charge in [0.2, 0.25) is 20.0 Å². The zero-order chi connectivity index (χ0) is 17.8. The average Bonchev–Trinajstić information content (AvgIpc) is 2.36. The zero-order valence-electron chi connectivity index (χ0n) is 12.4. The number of rotatable bonds is 8. The monoisotopic (exact) mass is 368 g/mol. The molecule has 23 heavy (non-hydrogen) atoms. The molecule has 0 aliphatic heterocycles. The van der Waals surface area contributed by atoms with E-state index >= 15 is 0 Å². The highest BCUT2D eigenvalue weighted by Gasteiger charge is 2.25. The Kier molecular flexibility index (Phi) is 6.08. The van der Waals surface area contributed by atoms with Gasteiger partial charge in [0, 0.05) is 0 Å². The fourth-order valence-electron chi connectivity index (χ4n) is 1.63. The molecule has 0 aliphatic carbocycles. The van der Waals surface area contributed by atoms with Gasteiger partial charge < -0.3 is 5.11 Å². The Morgan fingerprint density at radius 2 is 1.91 bits per heavy atom. The maximum absolute atomic E-state index is 14.0. The van der Waals surface area contributed by atoms with Gasteiger partial charge in [-0.2, -0.15) is 4.72 Å². The molecule has 0 saturated carbocycles. The third-order valence-corrected chi connectivity index (χ3v) is 5.74. The first kappa shape index (κ1) is 19.3. The number of aliphatic carboxylic acids is 1. The number of carbonyl (C=O) groups is 1. The Labute approximate surface area is 133 Å². The van der Waals surface area contributed by atoms with Crippen LogP contribution in [-0.2, 0) is 24.8 Å². The summed E-state index contributed by atoms with van der Waals surface area (Å²) >= 11 is 0. The van der Waals surface area contributed by atoms with Crippen LogP contribution in [0.25, 0.3) is 0 Å². The van der Waals surface area contributed by atoms with Crippen molar-refractivity contribution in [1.82, 2.24) is 4.72 Å². The molecule has 1 aromatic rings. The smallest absolute Gasteiger partial charge is 0.321 e. The number of halogens is 1. The lowest BCUT2D eigenvalue weighted by molar-refractivity contribution is -0.138. The highest BCUT2D eigenvalue weighted by Crippen LogP contribution is 2.20. The largest absolute Gasteiger partial charge is 0.480 e. The maximum Gasteiger partial charge on any atom is 0.321 e. The SMILES string of the molecule is CCCS(=O)(=O)Nc1ccc(S(=O)(=O)N[C@@H](C)C(=O)O)c(F)c1. The second-order valence-electron chi connectivity index (χ2n) is 4.75. The summed E-state index contributed by atoms with van der Waals surface area (Å²) < 4.78 is 64.9. The zero-order valence-corrected chi connectivity index (χ0v) is 14.0. The van der Waals surface area contributed by atoms with Crippen molar-refractivity contribution >= 4 is 31.7 Å². The Hall–Kier alpha value is -1.72. The third kappa shape index (κ3) is 5.44. The molecular formula is C12H17FN2O6S2. The van der Waals surface area contributed by atoms with Gasteiger partial charge in [0.15, 0.2) is 0 Å². The molecule has 0 amide bonds. The number of carboxylic acid groups (broad SMARTS) is 1. The average molecular weight is 368 g/mol. The van der Waals surface area contributed by atoms with Crippen LogP contribution >= 0.6 is 0 Å². The van der Waals surface area contributed by atoms with Crippen LogP contribution < -0.4 is 9.44 Å². The van der Waals surface area contributed by atoms with Crippen molar-refractivity contribution in [2.45, 2.75) is 31.2 Å². The molecule has 0 saturated heterocycles. The van der Waals surface area contributed by atoms with Gasteiger partial charge in [-0.3, -0.25) is 9.52 Å². The minimum absolute atomic E-state index is 0.124. The van der Waals surface area contributed by atoms with E-state index in [0.717, 1.165) is 19.1 Å². The van der Waals surface area contributed by atoms with E-state index in [2.05, 4.69) is 4.72 Å². The Bertz CT molecular complexity index is 792. The molecule has 1 atom stereocenters. The number of benzene rings is 1. The molecule has 0 unspecified atom stereocenters. The molecule has 0 spiro atoms. The number of hydrogen-bond acceptors (Lipinski definition) is 5. The second-order valence-corrected chi connectivity index (χ2v) is 8.27. The van der Waals surface area contributed by atoms with E-state index in [1.807, 2.05) is 0 Å². The van der Waals surface area contributed by atoms with Crippen molar-refractivity contribution in [3.8, 4) is 0 Å². The van der Waals surface area contributed by atoms with Crippen molar-refractivity contribution in [2.75, 3.05) is 10.5 Å². The molecule has 130 valence electrons. The lowest BCUT2D eigenvalue weighted by Crippen LogP contribution is -2.38. The van der Waals surface area contributed by atoms with Crippen molar-refractivity contribution < 1.29 is 31.1 Å². The summed E-state index contributed by atoms with van der Waals surface area (Å²) in [5, 5.41) is 8.69. The van der Waals surface area contributed by atoms with Crippen LogP contribution in [-0.4, -0.2) is 39.7 Å². The molecule has 0 bridgehead atoms. The van der Waals surface area contributed by atoms with Crippen molar-refractivity contribution in [3.05, 3.63) is 24.0 Å². The van der Waals surface area contributed by atoms with Crippen molar-refractivity contribution in [2.24, 2.45) is 0 Å². The first-order chi connectivity index (χ1) is 10.5. The first-order valence-electron chi connectivity index (χ1n) is 6.53. The molecule has 1 aromatic carbocycles. The molecular weight excluding hydrogens is 351 g/mol. The lowest BCUT2D eigenvalue weighted by atomic mass is 10.3. The van der Waals surface area contributed by atoms with Crippen LogP contribution in [0.15, 0.2) is 23.1 Å². The van der Waals surface area contributed by atoms with Crippen LogP contribution in [0, 0.1) is 5.82 Å². The molecule has 1 rings (SSSR count). The van der Waals surface area contributed by atoms with Crippen LogP contribution in [0.5, 0.6) is 0 Å². The summed E-state index contributed by atoms with van der Waals surface area (Å²) in [7, 11) is -8.03. The molecule has 0 aromatic heterocycles. The molecule has 0 aliphatic rings. The van der Waals surface area contributed by atoms with E-state index in [0.29, 0.717) is 12.5 Å². The highest BCUT2D eigenvalue weighted by molar-refractivity contribution is 7.92. The molecule has 0 fully saturated rings. The third-order valence-electron chi connectivity index (χ3n) is 2.67. The molecule has 0 radical (unpaired) electrons. The van der Waals surface area contributed by atoms with Crippen molar-refractivity contribution in [1.29, 1.82) is 0 Å². The second kappa shape index (κ2) is 7.23. The Balaban J connectivity index is 3.07. The molecule has 0 heterocycles. The van der Waals surface area contributed by atoms with Crippen LogP contribution in [0.3, 0.4) is 0 Å². The maximum atomic E-state index is 14.0. The summed E-state index contributed by atoms with van der Waals surface area (Å²) in [5.74, 6) is -2.78. The fraction of sp³-hybridized carbons (Fsp3) is 0.417. The van der Waals surface area contributed by atoms with Gasteiger partial charge in [-0.1, -0.05) is 6.92 Å². The van der Waals surface area contributed by atoms with Gasteiger partial charge in [0.1, 0.15) is 16.8 Å². The van der Waals surface area contributed by atoms with E-state index < -0.39 is 42.8 Å². The predicted molar refractivity (Wildman–Crippen MR) is 81.5 cm³/mol. The van der Waals surface area contributed by atoms with Gasteiger partial charge in [-0.05, 0) is 31.5 Å². The minimum Gasteiger partial charge on any atom is -0.480 e. The Morgan fingerprint density at radius 1 is 1.30 bits per heavy atom. The standard InChI is InChI=1S/C12H17FN2O6S2/c1-3-6-22(18,19)15-9-4-5-11(10(13)7-9)23(20,21)14-8(2)12(16)17/h4-5,7-8,14-15H,3,6H2,1-2H3,(H,16,17)/t8-/m0/s1. The van der Waals surface area contributed by atoms with Gasteiger partial charge in [0.05, 0.1) is 11.4 Å². The van der Waals surface area contributed by atoms with E-state index in [1.54, 1.807) is 11.6 Å². The van der Waals surface area contributed by atoms with Gasteiger partial charge in [0.25, 0.3) is 0 Å². The van der Waals surface area contributed by atoms with E-state index in [4.69, 9.17) is 5.11 Å². The van der Waals surface area contributed by atoms with Crippen LogP contribution in [0.2, 0.25) is 0 Å². The van der Waals surface area contributed by atoms with Gasteiger partial charge in [-0.25, -0.2) is 21.2 Å². The first-order valence-corrected chi connectivity index (χ1v) is 9.67. The lowest BCUT2D eigenvalue weighted by Gasteiger charge is -2.12. The van der Waals surface area contributed by atoms with Crippen LogP contribution in [0.1, 0.15) is 20.3 Å². The highest BCUT2D eigenvalue weighted by atomic mass is 32.2. The molecule has 11 heteroatoms. The van der Waals surface area contributed by atoms with E-state index in [-0.39, 0.29) is 11.4 Å². The Morgan fingerprint density at radius 3 is 2.39 bits per heavy atom. The van der Waals surface area contributed by atoms with E-state index in [9.17, 15) is 26.0 Å². The quantitative estimate of drug-likeness (QED) is 0.620. The van der Waals surface area contributed by atoms with Crippen LogP contribution in [0.4, 0.5) is 10.1 Å². The van der Waals surface area contributed by atoms with Gasteiger partial charge in [-0.15, -0.1) is 0 Å². The number of nitrogens with one attached hydrogen (secondary N) is 2. The van der Waals surface area contributed by atoms with Gasteiger partial charge >= 0.3 is 5.97 Å². The summed E-state index contributed by atoms with van der Waals surface area (Å²) in [6.07, 6.45) is 0.362. The summed E-state index contributed by atoms with van der Waals surface area (Å²) in [5.41, 5.74) is -0.124. The normalized spacial score (nSPS) is 13.5. The van der Waals surface area contributed by atoms with E-state index in [1.165, 1.54) is 0 Å². The summed E-state index contributed by atoms with van der Waals surface area (Å²) in [6, 6.07) is 1.21. The fourth-order valence-corrected chi connectivity index (χ4v) is 4.01. The summed E-state index contributed by atoms with van der Waals surface area (Å²) in [6.45, 7) is 2.75. The predicted octanol–water partition coefficient (Wildman–Crippen LogP) is 0.729. The topological polar surface area (TPSA) is 130 Å². The number of anilines is 1. The molecule has 8 nitrogen and oxygen atoms in total. The number of sulfonamides is 2. The molecule has 3 N–H and O–H groups in total. The number of hydrogen-bond donors (Lipinski definition) is 3. The summed E-state index contributed by atoms with van der Waals surface area (Å²) in [4.78, 5) is 9.89.